The van der Waals surface area contributed by atoms with Crippen molar-refractivity contribution in [3.63, 3.8) is 0 Å². The molecule has 2 aromatic heterocycles. The number of ether oxygens (including phenoxy) is 2. The first-order valence-corrected chi connectivity index (χ1v) is 11.3. The van der Waals surface area contributed by atoms with Crippen LogP contribution in [0.15, 0.2) is 54.7 Å². The summed E-state index contributed by atoms with van der Waals surface area (Å²) < 4.78 is 10.8. The number of fused-ring (bicyclic) bond motifs is 2. The summed E-state index contributed by atoms with van der Waals surface area (Å²) >= 11 is 0. The summed E-state index contributed by atoms with van der Waals surface area (Å²) in [5, 5.41) is 11.6. The minimum Gasteiger partial charge on any atom is -0.482 e. The molecular formula is C26H25N5O3. The lowest BCUT2D eigenvalue weighted by Crippen LogP contribution is -2.18. The van der Waals surface area contributed by atoms with Crippen LogP contribution >= 0.6 is 0 Å². The molecule has 8 heteroatoms. The maximum Gasteiger partial charge on any atom is 0.344 e. The molecule has 0 saturated heterocycles. The number of carbonyl (C=O) groups is 1. The fourth-order valence-corrected chi connectivity index (χ4v) is 3.86. The number of carbonyl (C=O) groups excluding carboxylic acids is 1. The van der Waals surface area contributed by atoms with Gasteiger partial charge in [-0.3, -0.25) is 5.10 Å². The molecule has 0 amide bonds. The van der Waals surface area contributed by atoms with E-state index in [0.29, 0.717) is 11.6 Å². The highest BCUT2D eigenvalue weighted by Gasteiger charge is 2.17. The van der Waals surface area contributed by atoms with Crippen LogP contribution < -0.4 is 10.1 Å². The van der Waals surface area contributed by atoms with Gasteiger partial charge in [-0.2, -0.15) is 5.10 Å². The van der Waals surface area contributed by atoms with Crippen LogP contribution in [0.3, 0.4) is 0 Å². The smallest absolute Gasteiger partial charge is 0.344 e. The minimum atomic E-state index is -0.406. The number of hydrogen-bond donors (Lipinski definition) is 2. The van der Waals surface area contributed by atoms with Crippen LogP contribution in [0, 0.1) is 0 Å². The number of rotatable bonds is 7. The lowest BCUT2D eigenvalue weighted by Gasteiger charge is -2.17. The maximum absolute atomic E-state index is 11.8. The van der Waals surface area contributed by atoms with E-state index in [0.717, 1.165) is 52.1 Å². The van der Waals surface area contributed by atoms with Crippen LogP contribution in [-0.2, 0) is 16.0 Å². The summed E-state index contributed by atoms with van der Waals surface area (Å²) in [5.74, 6) is 1.50. The van der Waals surface area contributed by atoms with Crippen LogP contribution in [0.4, 0.5) is 11.5 Å². The first-order chi connectivity index (χ1) is 16.5. The van der Waals surface area contributed by atoms with Crippen molar-refractivity contribution in [1.29, 1.82) is 0 Å². The Morgan fingerprint density at radius 1 is 1.18 bits per heavy atom. The molecule has 0 fully saturated rings. The Morgan fingerprint density at radius 2 is 2.09 bits per heavy atom. The summed E-state index contributed by atoms with van der Waals surface area (Å²) in [6.07, 6.45) is 7.59. The number of benzene rings is 2. The van der Waals surface area contributed by atoms with Gasteiger partial charge in [-0.15, -0.1) is 0 Å². The molecule has 0 radical (unpaired) electrons. The van der Waals surface area contributed by atoms with E-state index in [4.69, 9.17) is 19.4 Å². The zero-order valence-corrected chi connectivity index (χ0v) is 19.0. The molecule has 0 atom stereocenters. The summed E-state index contributed by atoms with van der Waals surface area (Å²) in [5.41, 5.74) is 4.69. The average Bonchev–Trinajstić information content (AvgIpc) is 3.30. The van der Waals surface area contributed by atoms with Crippen LogP contribution in [0.25, 0.3) is 28.4 Å². The van der Waals surface area contributed by atoms with Crippen molar-refractivity contribution >= 4 is 34.5 Å². The third kappa shape index (κ3) is 4.76. The SMILES string of the molecule is CC(C)OC(=O)COc1cccc(-c2nc3c(c(Nc4ccc5[nH]ncc5c4)n2)CCC=C3)c1. The number of esters is 1. The van der Waals surface area contributed by atoms with E-state index in [1.807, 2.05) is 42.5 Å². The highest BCUT2D eigenvalue weighted by atomic mass is 16.6. The summed E-state index contributed by atoms with van der Waals surface area (Å²) in [4.78, 5) is 21.5. The molecule has 172 valence electrons. The number of hydrogen-bond acceptors (Lipinski definition) is 7. The van der Waals surface area contributed by atoms with E-state index in [2.05, 4.69) is 21.6 Å². The molecule has 2 heterocycles. The Bertz CT molecular complexity index is 1380. The number of nitrogens with zero attached hydrogens (tertiary/aromatic N) is 3. The maximum atomic E-state index is 11.8. The highest BCUT2D eigenvalue weighted by Crippen LogP contribution is 2.31. The number of H-pyrrole nitrogens is 1. The molecule has 0 spiro atoms. The highest BCUT2D eigenvalue weighted by molar-refractivity contribution is 5.83. The van der Waals surface area contributed by atoms with E-state index in [-0.39, 0.29) is 12.7 Å². The van der Waals surface area contributed by atoms with E-state index < -0.39 is 5.97 Å². The van der Waals surface area contributed by atoms with Gasteiger partial charge >= 0.3 is 5.97 Å². The lowest BCUT2D eigenvalue weighted by atomic mass is 10.0. The summed E-state index contributed by atoms with van der Waals surface area (Å²) in [6.45, 7) is 3.46. The van der Waals surface area contributed by atoms with Gasteiger partial charge in [0, 0.05) is 22.2 Å². The standard InChI is InChI=1S/C26H25N5O3/c1-16(2)34-24(32)15-33-20-7-5-6-17(13-20)25-29-23-9-4-3-8-21(23)26(30-25)28-19-10-11-22-18(12-19)14-27-31-22/h4-7,9-14,16H,3,8,15H2,1-2H3,(H,27,31)(H,28,29,30). The lowest BCUT2D eigenvalue weighted by molar-refractivity contribution is -0.149. The number of aromatic amines is 1. The fraction of sp³-hybridized carbons (Fsp3) is 0.231. The molecule has 0 bridgehead atoms. The van der Waals surface area contributed by atoms with Crippen molar-refractivity contribution in [3.8, 4) is 17.1 Å². The van der Waals surface area contributed by atoms with Crippen LogP contribution in [-0.4, -0.2) is 38.8 Å². The van der Waals surface area contributed by atoms with Gasteiger partial charge in [0.15, 0.2) is 12.4 Å². The topological polar surface area (TPSA) is 102 Å². The normalized spacial score (nSPS) is 12.6. The first kappa shape index (κ1) is 21.6. The van der Waals surface area contributed by atoms with Crippen molar-refractivity contribution in [2.75, 3.05) is 11.9 Å². The van der Waals surface area contributed by atoms with Crippen molar-refractivity contribution < 1.29 is 14.3 Å². The third-order valence-corrected chi connectivity index (χ3v) is 5.39. The number of aromatic nitrogens is 4. The number of allylic oxidation sites excluding steroid dienone is 1. The second-order valence-corrected chi connectivity index (χ2v) is 8.35. The summed E-state index contributed by atoms with van der Waals surface area (Å²) in [6, 6.07) is 13.4. The predicted molar refractivity (Wildman–Crippen MR) is 131 cm³/mol. The Balaban J connectivity index is 1.44. The number of anilines is 2. The molecule has 2 aromatic carbocycles. The Hall–Kier alpha value is -4.20. The van der Waals surface area contributed by atoms with Gasteiger partial charge in [0.05, 0.1) is 23.5 Å². The third-order valence-electron chi connectivity index (χ3n) is 5.39. The van der Waals surface area contributed by atoms with Crippen molar-refractivity contribution in [2.24, 2.45) is 0 Å². The van der Waals surface area contributed by atoms with Gasteiger partial charge in [0.25, 0.3) is 0 Å². The van der Waals surface area contributed by atoms with Gasteiger partial charge in [-0.05, 0) is 63.1 Å². The van der Waals surface area contributed by atoms with Gasteiger partial charge < -0.3 is 14.8 Å². The van der Waals surface area contributed by atoms with E-state index >= 15 is 0 Å². The molecule has 1 aliphatic rings. The predicted octanol–water partition coefficient (Wildman–Crippen LogP) is 5.05. The molecule has 4 aromatic rings. The molecule has 1 aliphatic carbocycles. The summed E-state index contributed by atoms with van der Waals surface area (Å²) in [7, 11) is 0. The Labute approximate surface area is 197 Å². The largest absolute Gasteiger partial charge is 0.482 e. The molecule has 34 heavy (non-hydrogen) atoms. The minimum absolute atomic E-state index is 0.154. The van der Waals surface area contributed by atoms with E-state index in [1.54, 1.807) is 26.1 Å². The first-order valence-electron chi connectivity index (χ1n) is 11.3. The van der Waals surface area contributed by atoms with Gasteiger partial charge in [0.1, 0.15) is 11.6 Å². The van der Waals surface area contributed by atoms with Crippen molar-refractivity contribution in [1.82, 2.24) is 20.2 Å². The molecule has 8 nitrogen and oxygen atoms in total. The molecule has 2 N–H and O–H groups in total. The molecular weight excluding hydrogens is 430 g/mol. The number of nitrogens with one attached hydrogen (secondary N) is 2. The van der Waals surface area contributed by atoms with Crippen molar-refractivity contribution in [3.05, 3.63) is 66.0 Å². The zero-order valence-electron chi connectivity index (χ0n) is 19.0. The second kappa shape index (κ2) is 9.35. The van der Waals surface area contributed by atoms with E-state index in [1.165, 1.54) is 0 Å². The van der Waals surface area contributed by atoms with Crippen molar-refractivity contribution in [2.45, 2.75) is 32.8 Å². The van der Waals surface area contributed by atoms with Gasteiger partial charge in [0.2, 0.25) is 0 Å². The Morgan fingerprint density at radius 3 is 2.97 bits per heavy atom. The second-order valence-electron chi connectivity index (χ2n) is 8.35. The van der Waals surface area contributed by atoms with E-state index in [9.17, 15) is 4.79 Å². The average molecular weight is 456 g/mol. The molecule has 0 unspecified atom stereocenters. The fourth-order valence-electron chi connectivity index (χ4n) is 3.86. The molecule has 5 rings (SSSR count). The van der Waals surface area contributed by atoms with Gasteiger partial charge in [-0.1, -0.05) is 18.2 Å². The Kier molecular flexibility index (Phi) is 5.95. The molecule has 0 aliphatic heterocycles. The van der Waals surface area contributed by atoms with Crippen LogP contribution in [0.5, 0.6) is 5.75 Å². The quantitative estimate of drug-likeness (QED) is 0.376. The van der Waals surface area contributed by atoms with Crippen LogP contribution in [0.2, 0.25) is 0 Å². The molecule has 0 saturated carbocycles. The zero-order chi connectivity index (χ0) is 23.5. The van der Waals surface area contributed by atoms with Gasteiger partial charge in [-0.25, -0.2) is 14.8 Å². The van der Waals surface area contributed by atoms with Crippen LogP contribution in [0.1, 0.15) is 31.5 Å². The monoisotopic (exact) mass is 455 g/mol.